The Kier molecular flexibility index (Phi) is 5.30. The van der Waals surface area contributed by atoms with Gasteiger partial charge in [0.05, 0.1) is 11.6 Å². The highest BCUT2D eigenvalue weighted by atomic mass is 35.5. The van der Waals surface area contributed by atoms with Crippen LogP contribution >= 0.6 is 23.2 Å². The lowest BCUT2D eigenvalue weighted by Gasteiger charge is -2.11. The number of sulfonamides is 1. The molecule has 0 aliphatic carbocycles. The number of alkyl halides is 2. The van der Waals surface area contributed by atoms with Gasteiger partial charge in [-0.25, -0.2) is 21.9 Å². The average Bonchev–Trinajstić information content (AvgIpc) is 2.29. The number of hydrogen-bond donors (Lipinski definition) is 2. The number of hydrogen-bond acceptors (Lipinski definition) is 3. The van der Waals surface area contributed by atoms with Gasteiger partial charge in [0.1, 0.15) is 4.90 Å². The summed E-state index contributed by atoms with van der Waals surface area (Å²) in [5.41, 5.74) is 5.70. The first-order valence-electron chi connectivity index (χ1n) is 4.73. The molecule has 0 unspecified atom stereocenters. The lowest BCUT2D eigenvalue weighted by molar-refractivity contribution is 0.153. The number of rotatable bonds is 5. The van der Waals surface area contributed by atoms with Crippen LogP contribution in [0.5, 0.6) is 0 Å². The zero-order valence-corrected chi connectivity index (χ0v) is 11.3. The van der Waals surface area contributed by atoms with Crippen LogP contribution in [0.4, 0.5) is 8.78 Å². The quantitative estimate of drug-likeness (QED) is 0.872. The minimum Gasteiger partial charge on any atom is -0.326 e. The summed E-state index contributed by atoms with van der Waals surface area (Å²) in [5.74, 6) is 0. The standard InChI is InChI=1S/C9H10Cl2F2N2O2S/c10-6-1-5(3-14)9(11)7(2-6)18(16,17)15-4-8(12)13/h1-2,8,15H,3-4,14H2. The maximum Gasteiger partial charge on any atom is 0.251 e. The van der Waals surface area contributed by atoms with Crippen molar-refractivity contribution in [3.05, 3.63) is 27.7 Å². The largest absolute Gasteiger partial charge is 0.326 e. The Morgan fingerprint density at radius 1 is 1.33 bits per heavy atom. The molecule has 0 atom stereocenters. The topological polar surface area (TPSA) is 72.2 Å². The Labute approximate surface area is 113 Å². The Morgan fingerprint density at radius 2 is 1.94 bits per heavy atom. The van der Waals surface area contributed by atoms with Crippen molar-refractivity contribution < 1.29 is 17.2 Å². The fourth-order valence-electron chi connectivity index (χ4n) is 1.21. The molecule has 0 aromatic heterocycles. The molecule has 0 saturated heterocycles. The van der Waals surface area contributed by atoms with E-state index in [0.717, 1.165) is 6.07 Å². The fourth-order valence-corrected chi connectivity index (χ4v) is 3.16. The third kappa shape index (κ3) is 3.76. The van der Waals surface area contributed by atoms with E-state index in [4.69, 9.17) is 28.9 Å². The Hall–Kier alpha value is -0.470. The summed E-state index contributed by atoms with van der Waals surface area (Å²) in [6.07, 6.45) is -2.80. The number of nitrogens with one attached hydrogen (secondary N) is 1. The van der Waals surface area contributed by atoms with Crippen molar-refractivity contribution in [2.24, 2.45) is 5.73 Å². The molecule has 0 fully saturated rings. The summed E-state index contributed by atoms with van der Waals surface area (Å²) in [6.45, 7) is -1.01. The maximum atomic E-state index is 12.0. The molecule has 0 spiro atoms. The lowest BCUT2D eigenvalue weighted by Crippen LogP contribution is -2.29. The fraction of sp³-hybridized carbons (Fsp3) is 0.333. The van der Waals surface area contributed by atoms with Gasteiger partial charge in [0.15, 0.2) is 0 Å². The van der Waals surface area contributed by atoms with Crippen molar-refractivity contribution in [3.63, 3.8) is 0 Å². The molecule has 18 heavy (non-hydrogen) atoms. The normalized spacial score (nSPS) is 12.1. The van der Waals surface area contributed by atoms with E-state index in [0.29, 0.717) is 5.56 Å². The zero-order chi connectivity index (χ0) is 13.9. The van der Waals surface area contributed by atoms with Crippen LogP contribution in [0.2, 0.25) is 10.0 Å². The Bertz CT molecular complexity index is 538. The van der Waals surface area contributed by atoms with E-state index >= 15 is 0 Å². The van der Waals surface area contributed by atoms with Crippen molar-refractivity contribution >= 4 is 33.2 Å². The van der Waals surface area contributed by atoms with E-state index in [9.17, 15) is 17.2 Å². The maximum absolute atomic E-state index is 12.0. The molecule has 0 aliphatic heterocycles. The first kappa shape index (κ1) is 15.6. The van der Waals surface area contributed by atoms with Gasteiger partial charge in [0.25, 0.3) is 6.43 Å². The molecule has 0 bridgehead atoms. The molecule has 1 aromatic carbocycles. The molecule has 0 amide bonds. The molecule has 0 heterocycles. The van der Waals surface area contributed by atoms with Crippen LogP contribution in [0.1, 0.15) is 5.56 Å². The molecule has 1 rings (SSSR count). The molecule has 0 saturated carbocycles. The second-order valence-electron chi connectivity index (χ2n) is 3.32. The van der Waals surface area contributed by atoms with Gasteiger partial charge in [-0.3, -0.25) is 0 Å². The van der Waals surface area contributed by atoms with Crippen LogP contribution in [-0.4, -0.2) is 21.4 Å². The SMILES string of the molecule is NCc1cc(Cl)cc(S(=O)(=O)NCC(F)F)c1Cl. The van der Waals surface area contributed by atoms with Gasteiger partial charge >= 0.3 is 0 Å². The van der Waals surface area contributed by atoms with E-state index in [1.54, 1.807) is 4.72 Å². The van der Waals surface area contributed by atoms with Gasteiger partial charge in [-0.15, -0.1) is 0 Å². The van der Waals surface area contributed by atoms with Crippen LogP contribution in [0.3, 0.4) is 0 Å². The minimum absolute atomic E-state index is 0.0171. The van der Waals surface area contributed by atoms with Crippen LogP contribution in [0.15, 0.2) is 17.0 Å². The second-order valence-corrected chi connectivity index (χ2v) is 5.87. The molecule has 0 aliphatic rings. The Balaban J connectivity index is 3.20. The first-order valence-corrected chi connectivity index (χ1v) is 6.97. The predicted octanol–water partition coefficient (Wildman–Crippen LogP) is 2.00. The summed E-state index contributed by atoms with van der Waals surface area (Å²) in [6, 6.07) is 2.49. The summed E-state index contributed by atoms with van der Waals surface area (Å²) in [4.78, 5) is -0.363. The molecule has 0 radical (unpaired) electrons. The summed E-state index contributed by atoms with van der Waals surface area (Å²) < 4.78 is 49.2. The van der Waals surface area contributed by atoms with E-state index in [1.807, 2.05) is 0 Å². The van der Waals surface area contributed by atoms with Crippen molar-refractivity contribution in [1.29, 1.82) is 0 Å². The van der Waals surface area contributed by atoms with Crippen molar-refractivity contribution in [2.45, 2.75) is 17.9 Å². The zero-order valence-electron chi connectivity index (χ0n) is 8.96. The molecule has 3 N–H and O–H groups in total. The Morgan fingerprint density at radius 3 is 2.44 bits per heavy atom. The summed E-state index contributed by atoms with van der Waals surface area (Å²) in [5, 5.41) is -0.0130. The number of benzene rings is 1. The molecule has 102 valence electrons. The molecule has 9 heteroatoms. The average molecular weight is 319 g/mol. The summed E-state index contributed by atoms with van der Waals surface area (Å²) in [7, 11) is -4.14. The molecular weight excluding hydrogens is 309 g/mol. The monoisotopic (exact) mass is 318 g/mol. The van der Waals surface area contributed by atoms with Gasteiger partial charge in [-0.1, -0.05) is 23.2 Å². The van der Waals surface area contributed by atoms with Gasteiger partial charge in [0.2, 0.25) is 10.0 Å². The van der Waals surface area contributed by atoms with Crippen molar-refractivity contribution in [2.75, 3.05) is 6.54 Å². The van der Waals surface area contributed by atoms with E-state index in [-0.39, 0.29) is 21.5 Å². The smallest absolute Gasteiger partial charge is 0.251 e. The molecule has 1 aromatic rings. The van der Waals surface area contributed by atoms with E-state index in [1.165, 1.54) is 6.07 Å². The minimum atomic E-state index is -4.14. The van der Waals surface area contributed by atoms with Crippen LogP contribution < -0.4 is 10.5 Å². The van der Waals surface area contributed by atoms with Gasteiger partial charge < -0.3 is 5.73 Å². The number of nitrogens with two attached hydrogens (primary N) is 1. The first-order chi connectivity index (χ1) is 8.27. The second kappa shape index (κ2) is 6.12. The molecule has 4 nitrogen and oxygen atoms in total. The van der Waals surface area contributed by atoms with Crippen LogP contribution in [0, 0.1) is 0 Å². The van der Waals surface area contributed by atoms with E-state index in [2.05, 4.69) is 0 Å². The lowest BCUT2D eigenvalue weighted by atomic mass is 10.2. The van der Waals surface area contributed by atoms with Gasteiger partial charge in [0, 0.05) is 11.6 Å². The van der Waals surface area contributed by atoms with E-state index < -0.39 is 23.0 Å². The highest BCUT2D eigenvalue weighted by Crippen LogP contribution is 2.29. The van der Waals surface area contributed by atoms with Gasteiger partial charge in [-0.2, -0.15) is 0 Å². The van der Waals surface area contributed by atoms with Crippen molar-refractivity contribution in [1.82, 2.24) is 4.72 Å². The third-order valence-electron chi connectivity index (χ3n) is 2.02. The molecular formula is C9H10Cl2F2N2O2S. The van der Waals surface area contributed by atoms with Crippen molar-refractivity contribution in [3.8, 4) is 0 Å². The highest BCUT2D eigenvalue weighted by Gasteiger charge is 2.21. The number of halogens is 4. The summed E-state index contributed by atoms with van der Waals surface area (Å²) >= 11 is 11.6. The predicted molar refractivity (Wildman–Crippen MR) is 65.5 cm³/mol. The van der Waals surface area contributed by atoms with Crippen LogP contribution in [0.25, 0.3) is 0 Å². The third-order valence-corrected chi connectivity index (χ3v) is 4.24. The van der Waals surface area contributed by atoms with Crippen LogP contribution in [-0.2, 0) is 16.6 Å². The highest BCUT2D eigenvalue weighted by molar-refractivity contribution is 7.89. The van der Waals surface area contributed by atoms with Gasteiger partial charge in [-0.05, 0) is 17.7 Å².